The molecule has 0 saturated carbocycles. The Labute approximate surface area is 160 Å². The van der Waals surface area contributed by atoms with Crippen LogP contribution in [0.4, 0.5) is 11.5 Å². The number of rotatable bonds is 3. The molecule has 0 spiro atoms. The summed E-state index contributed by atoms with van der Waals surface area (Å²) >= 11 is 7.39. The lowest BCUT2D eigenvalue weighted by Gasteiger charge is -2.22. The van der Waals surface area contributed by atoms with Crippen molar-refractivity contribution in [3.8, 4) is 11.5 Å². The minimum absolute atomic E-state index is 0.230. The van der Waals surface area contributed by atoms with Gasteiger partial charge in [0.2, 0.25) is 0 Å². The summed E-state index contributed by atoms with van der Waals surface area (Å²) in [5, 5.41) is 3.81. The van der Waals surface area contributed by atoms with E-state index in [2.05, 4.69) is 32.9 Å². The summed E-state index contributed by atoms with van der Waals surface area (Å²) in [5.41, 5.74) is 7.38. The zero-order valence-electron chi connectivity index (χ0n) is 14.6. The van der Waals surface area contributed by atoms with E-state index in [0.717, 1.165) is 3.57 Å². The molecule has 0 amide bonds. The Hall–Kier alpha value is -1.42. The highest BCUT2D eigenvalue weighted by molar-refractivity contribution is 14.1. The molecular weight excluding hydrogens is 439 g/mol. The highest BCUT2D eigenvalue weighted by Crippen LogP contribution is 2.47. The summed E-state index contributed by atoms with van der Waals surface area (Å²) in [5.74, 6) is 2.16. The van der Waals surface area contributed by atoms with Crippen LogP contribution in [0.25, 0.3) is 10.9 Å². The van der Waals surface area contributed by atoms with Gasteiger partial charge in [0, 0.05) is 5.41 Å². The van der Waals surface area contributed by atoms with E-state index in [4.69, 9.17) is 32.4 Å². The van der Waals surface area contributed by atoms with Crippen molar-refractivity contribution in [3.05, 3.63) is 9.39 Å². The van der Waals surface area contributed by atoms with Crippen LogP contribution in [-0.4, -0.2) is 29.2 Å². The molecule has 130 valence electrons. The van der Waals surface area contributed by atoms with Gasteiger partial charge in [-0.1, -0.05) is 33.0 Å². The monoisotopic (exact) mass is 460 g/mol. The SMILES string of the molecule is COc1c(OC)c(NC(C)=S)c2c(N)nc(C(C)(C)C)nc2c1I. The fourth-order valence-electron chi connectivity index (χ4n) is 2.33. The lowest BCUT2D eigenvalue weighted by atomic mass is 9.95. The Morgan fingerprint density at radius 2 is 1.75 bits per heavy atom. The second kappa shape index (κ2) is 6.83. The number of nitrogen functional groups attached to an aromatic ring is 1. The summed E-state index contributed by atoms with van der Waals surface area (Å²) in [7, 11) is 3.17. The third-order valence-electron chi connectivity index (χ3n) is 3.41. The quantitative estimate of drug-likeness (QED) is 0.531. The first-order chi connectivity index (χ1) is 11.1. The van der Waals surface area contributed by atoms with Crippen molar-refractivity contribution in [1.29, 1.82) is 0 Å². The van der Waals surface area contributed by atoms with Crippen LogP contribution >= 0.6 is 34.8 Å². The van der Waals surface area contributed by atoms with Crippen molar-refractivity contribution in [2.24, 2.45) is 0 Å². The number of ether oxygens (including phenoxy) is 2. The second-order valence-corrected chi connectivity index (χ2v) is 8.03. The number of fused-ring (bicyclic) bond motifs is 1. The number of aromatic nitrogens is 2. The third-order valence-corrected chi connectivity index (χ3v) is 4.51. The lowest BCUT2D eigenvalue weighted by Crippen LogP contribution is -2.18. The molecule has 6 nitrogen and oxygen atoms in total. The van der Waals surface area contributed by atoms with Crippen molar-refractivity contribution >= 4 is 62.2 Å². The molecule has 0 radical (unpaired) electrons. The highest BCUT2D eigenvalue weighted by Gasteiger charge is 2.26. The maximum absolute atomic E-state index is 6.28. The molecule has 0 bridgehead atoms. The molecule has 0 aliphatic carbocycles. The summed E-state index contributed by atoms with van der Waals surface area (Å²) in [6.07, 6.45) is 0. The number of thiocarbonyl (C=S) groups is 1. The first kappa shape index (κ1) is 18.9. The first-order valence-corrected chi connectivity index (χ1v) is 8.79. The van der Waals surface area contributed by atoms with E-state index in [1.165, 1.54) is 0 Å². The van der Waals surface area contributed by atoms with E-state index in [1.807, 2.05) is 20.8 Å². The van der Waals surface area contributed by atoms with Gasteiger partial charge in [0.1, 0.15) is 11.6 Å². The van der Waals surface area contributed by atoms with E-state index in [9.17, 15) is 0 Å². The number of hydrogen-bond acceptors (Lipinski definition) is 6. The Kier molecular flexibility index (Phi) is 5.38. The van der Waals surface area contributed by atoms with Crippen molar-refractivity contribution < 1.29 is 9.47 Å². The van der Waals surface area contributed by atoms with Gasteiger partial charge in [-0.3, -0.25) is 0 Å². The fraction of sp³-hybridized carbons (Fsp3) is 0.438. The van der Waals surface area contributed by atoms with Gasteiger partial charge in [0.25, 0.3) is 0 Å². The van der Waals surface area contributed by atoms with E-state index in [-0.39, 0.29) is 5.41 Å². The van der Waals surface area contributed by atoms with Gasteiger partial charge in [0.15, 0.2) is 11.5 Å². The molecule has 0 fully saturated rings. The van der Waals surface area contributed by atoms with Crippen molar-refractivity contribution in [2.45, 2.75) is 33.1 Å². The summed E-state index contributed by atoms with van der Waals surface area (Å²) in [6, 6.07) is 0. The molecule has 24 heavy (non-hydrogen) atoms. The number of halogens is 1. The number of nitrogens with zero attached hydrogens (tertiary/aromatic N) is 2. The van der Waals surface area contributed by atoms with Crippen LogP contribution < -0.4 is 20.5 Å². The Morgan fingerprint density at radius 1 is 1.17 bits per heavy atom. The molecule has 3 N–H and O–H groups in total. The number of nitrogens with one attached hydrogen (secondary N) is 1. The van der Waals surface area contributed by atoms with E-state index in [0.29, 0.717) is 44.7 Å². The molecule has 2 rings (SSSR count). The van der Waals surface area contributed by atoms with Gasteiger partial charge in [0.05, 0.1) is 39.4 Å². The minimum Gasteiger partial charge on any atom is -0.492 e. The van der Waals surface area contributed by atoms with Crippen LogP contribution in [0.2, 0.25) is 0 Å². The van der Waals surface area contributed by atoms with Crippen molar-refractivity contribution in [3.63, 3.8) is 0 Å². The molecule has 0 atom stereocenters. The molecule has 1 aromatic heterocycles. The van der Waals surface area contributed by atoms with Crippen LogP contribution in [0.3, 0.4) is 0 Å². The maximum Gasteiger partial charge on any atom is 0.186 e. The van der Waals surface area contributed by atoms with Crippen LogP contribution in [0, 0.1) is 3.57 Å². The number of anilines is 2. The smallest absolute Gasteiger partial charge is 0.186 e. The standard InChI is InChI=1S/C16H21IN4O2S/c1-7(24)19-11-8-10(9(17)12(22-5)13(11)23-6)20-15(16(2,3)4)21-14(8)18/h1-6H3,(H,19,24)(H2,18,20,21). The van der Waals surface area contributed by atoms with E-state index in [1.54, 1.807) is 21.1 Å². The molecule has 8 heteroatoms. The molecule has 0 unspecified atom stereocenters. The molecular formula is C16H21IN4O2S. The second-order valence-electron chi connectivity index (χ2n) is 6.34. The van der Waals surface area contributed by atoms with Gasteiger partial charge in [-0.05, 0) is 29.5 Å². The Bertz CT molecular complexity index is 818. The molecule has 2 aromatic rings. The third kappa shape index (κ3) is 3.34. The van der Waals surface area contributed by atoms with E-state index >= 15 is 0 Å². The molecule has 0 aliphatic rings. The Morgan fingerprint density at radius 3 is 2.21 bits per heavy atom. The molecule has 1 heterocycles. The average molecular weight is 460 g/mol. The fourth-order valence-corrected chi connectivity index (χ4v) is 3.28. The van der Waals surface area contributed by atoms with Crippen LogP contribution in [0.5, 0.6) is 11.5 Å². The van der Waals surface area contributed by atoms with Gasteiger partial charge in [-0.2, -0.15) is 0 Å². The number of nitrogens with two attached hydrogens (primary N) is 1. The highest BCUT2D eigenvalue weighted by atomic mass is 127. The van der Waals surface area contributed by atoms with Crippen LogP contribution in [0.1, 0.15) is 33.5 Å². The van der Waals surface area contributed by atoms with Crippen molar-refractivity contribution in [1.82, 2.24) is 9.97 Å². The average Bonchev–Trinajstić information content (AvgIpc) is 2.47. The normalized spacial score (nSPS) is 11.5. The topological polar surface area (TPSA) is 82.3 Å². The number of methoxy groups -OCH3 is 2. The largest absolute Gasteiger partial charge is 0.492 e. The number of benzene rings is 1. The minimum atomic E-state index is -0.230. The maximum atomic E-state index is 6.28. The van der Waals surface area contributed by atoms with Crippen molar-refractivity contribution in [2.75, 3.05) is 25.3 Å². The van der Waals surface area contributed by atoms with Gasteiger partial charge < -0.3 is 20.5 Å². The lowest BCUT2D eigenvalue weighted by molar-refractivity contribution is 0.355. The first-order valence-electron chi connectivity index (χ1n) is 7.30. The molecule has 1 aromatic carbocycles. The van der Waals surface area contributed by atoms with Crippen LogP contribution in [0.15, 0.2) is 0 Å². The zero-order chi connectivity index (χ0) is 18.2. The van der Waals surface area contributed by atoms with Gasteiger partial charge >= 0.3 is 0 Å². The zero-order valence-corrected chi connectivity index (χ0v) is 17.5. The van der Waals surface area contributed by atoms with E-state index < -0.39 is 0 Å². The van der Waals surface area contributed by atoms with Gasteiger partial charge in [-0.15, -0.1) is 0 Å². The predicted octanol–water partition coefficient (Wildman–Crippen LogP) is 3.89. The van der Waals surface area contributed by atoms with Crippen LogP contribution in [-0.2, 0) is 5.41 Å². The Balaban J connectivity index is 3.00. The molecule has 0 saturated heterocycles. The number of hydrogen-bond donors (Lipinski definition) is 2. The summed E-state index contributed by atoms with van der Waals surface area (Å²) in [6.45, 7) is 7.91. The summed E-state index contributed by atoms with van der Waals surface area (Å²) in [4.78, 5) is 9.82. The van der Waals surface area contributed by atoms with Gasteiger partial charge in [-0.25, -0.2) is 9.97 Å². The molecule has 0 aliphatic heterocycles. The summed E-state index contributed by atoms with van der Waals surface area (Å²) < 4.78 is 11.9. The predicted molar refractivity (Wildman–Crippen MR) is 110 cm³/mol.